The van der Waals surface area contributed by atoms with E-state index in [2.05, 4.69) is 42.2 Å². The lowest BCUT2D eigenvalue weighted by molar-refractivity contribution is -0.137. The number of hydrogen-bond donors (Lipinski definition) is 1. The van der Waals surface area contributed by atoms with Crippen LogP contribution in [-0.2, 0) is 10.9 Å². The average Bonchev–Trinajstić information content (AvgIpc) is 2.49. The van der Waals surface area contributed by atoms with Crippen molar-refractivity contribution in [3.8, 4) is 0 Å². The van der Waals surface area contributed by atoms with Crippen LogP contribution < -0.4 is 5.32 Å². The van der Waals surface area contributed by atoms with Crippen molar-refractivity contribution in [2.45, 2.75) is 31.5 Å². The maximum atomic E-state index is 12.6. The van der Waals surface area contributed by atoms with Crippen LogP contribution in [0.2, 0.25) is 5.02 Å². The van der Waals surface area contributed by atoms with Crippen LogP contribution in [0.25, 0.3) is 0 Å². The largest absolute Gasteiger partial charge is 0.417 e. The first kappa shape index (κ1) is 19.8. The van der Waals surface area contributed by atoms with E-state index in [4.69, 9.17) is 16.3 Å². The highest BCUT2D eigenvalue weighted by atomic mass is 79.9. The number of halogens is 6. The van der Waals surface area contributed by atoms with Crippen LogP contribution in [-0.4, -0.2) is 17.7 Å². The quantitative estimate of drug-likeness (QED) is 0.530. The Kier molecular flexibility index (Phi) is 7.15. The molecular weight excluding hydrogens is 476 g/mol. The monoisotopic (exact) mass is 488 g/mol. The fourth-order valence-corrected chi connectivity index (χ4v) is 2.64. The molecule has 3 nitrogen and oxygen atoms in total. The summed E-state index contributed by atoms with van der Waals surface area (Å²) in [6, 6.07) is 0.872. The number of allylic oxidation sites excluding steroid dienone is 1. The van der Waals surface area contributed by atoms with Gasteiger partial charge in [0.15, 0.2) is 0 Å². The Labute approximate surface area is 159 Å². The topological polar surface area (TPSA) is 34.2 Å². The van der Waals surface area contributed by atoms with Gasteiger partial charge in [-0.15, -0.1) is 0 Å². The third kappa shape index (κ3) is 6.06. The molecule has 1 atom stereocenters. The predicted octanol–water partition coefficient (Wildman–Crippen LogP) is 6.25. The first-order valence-corrected chi connectivity index (χ1v) is 9.03. The zero-order valence-corrected chi connectivity index (χ0v) is 16.3. The van der Waals surface area contributed by atoms with Crippen LogP contribution in [0.1, 0.15) is 24.8 Å². The Morgan fingerprint density at radius 3 is 2.75 bits per heavy atom. The SMILES string of the molecule is FC(F)(F)c1cnc(NC2=CCC(OCC=C(Br)Br)CC2)c(Cl)c1. The van der Waals surface area contributed by atoms with Crippen LogP contribution in [0.5, 0.6) is 0 Å². The van der Waals surface area contributed by atoms with E-state index in [1.807, 2.05) is 12.2 Å². The van der Waals surface area contributed by atoms with E-state index in [1.54, 1.807) is 0 Å². The van der Waals surface area contributed by atoms with Crippen molar-refractivity contribution in [1.82, 2.24) is 4.98 Å². The predicted molar refractivity (Wildman–Crippen MR) is 95.5 cm³/mol. The van der Waals surface area contributed by atoms with Gasteiger partial charge in [-0.3, -0.25) is 0 Å². The Hall–Kier alpha value is -0.570. The van der Waals surface area contributed by atoms with Gasteiger partial charge in [-0.05, 0) is 63.3 Å². The highest BCUT2D eigenvalue weighted by Gasteiger charge is 2.31. The molecule has 0 fully saturated rings. The van der Waals surface area contributed by atoms with Gasteiger partial charge in [0.05, 0.1) is 26.7 Å². The number of rotatable bonds is 5. The van der Waals surface area contributed by atoms with Gasteiger partial charge < -0.3 is 10.1 Å². The number of nitrogens with zero attached hydrogens (tertiary/aromatic N) is 1. The Morgan fingerprint density at radius 2 is 2.21 bits per heavy atom. The van der Waals surface area contributed by atoms with Crippen molar-refractivity contribution in [3.63, 3.8) is 0 Å². The molecule has 9 heteroatoms. The molecule has 1 unspecified atom stereocenters. The molecule has 0 radical (unpaired) electrons. The van der Waals surface area contributed by atoms with Gasteiger partial charge in [0.2, 0.25) is 0 Å². The Bertz CT molecular complexity index is 646. The van der Waals surface area contributed by atoms with Crippen LogP contribution in [0.4, 0.5) is 19.0 Å². The first-order chi connectivity index (χ1) is 11.3. The Morgan fingerprint density at radius 1 is 1.46 bits per heavy atom. The summed E-state index contributed by atoms with van der Waals surface area (Å²) >= 11 is 12.4. The van der Waals surface area contributed by atoms with E-state index in [0.717, 1.165) is 27.8 Å². The number of anilines is 1. The molecule has 0 spiro atoms. The summed E-state index contributed by atoms with van der Waals surface area (Å²) in [6.07, 6.45) is 2.49. The zero-order valence-electron chi connectivity index (χ0n) is 12.3. The maximum absolute atomic E-state index is 12.6. The molecule has 2 rings (SSSR count). The minimum atomic E-state index is -4.46. The van der Waals surface area contributed by atoms with Gasteiger partial charge in [0.1, 0.15) is 5.82 Å². The number of ether oxygens (including phenoxy) is 1. The molecule has 0 saturated heterocycles. The van der Waals surface area contributed by atoms with Crippen molar-refractivity contribution >= 4 is 49.3 Å². The van der Waals surface area contributed by atoms with E-state index >= 15 is 0 Å². The second-order valence-corrected chi connectivity index (χ2v) is 8.31. The number of aromatic nitrogens is 1. The second-order valence-electron chi connectivity index (χ2n) is 5.13. The lowest BCUT2D eigenvalue weighted by Gasteiger charge is -2.23. The molecule has 0 amide bonds. The van der Waals surface area contributed by atoms with E-state index in [0.29, 0.717) is 19.4 Å². The summed E-state index contributed by atoms with van der Waals surface area (Å²) in [7, 11) is 0. The average molecular weight is 491 g/mol. The standard InChI is InChI=1S/C15H14Br2ClF3N2O/c16-13(17)5-6-24-11-3-1-10(2-4-11)23-14-12(18)7-9(8-22-14)15(19,20)21/h1,5,7-8,11H,2-4,6H2,(H,22,23). The lowest BCUT2D eigenvalue weighted by atomic mass is 10.0. The second kappa shape index (κ2) is 8.69. The number of pyridine rings is 1. The van der Waals surface area contributed by atoms with Gasteiger partial charge in [-0.1, -0.05) is 17.7 Å². The van der Waals surface area contributed by atoms with Crippen LogP contribution in [0, 0.1) is 0 Å². The number of nitrogens with one attached hydrogen (secondary N) is 1. The summed E-state index contributed by atoms with van der Waals surface area (Å²) in [5.74, 6) is 0.224. The molecule has 1 N–H and O–H groups in total. The van der Waals surface area contributed by atoms with E-state index < -0.39 is 11.7 Å². The summed E-state index contributed by atoms with van der Waals surface area (Å²) in [6.45, 7) is 0.499. The summed E-state index contributed by atoms with van der Waals surface area (Å²) in [5.41, 5.74) is 0.0105. The molecule has 0 aliphatic heterocycles. The minimum Gasteiger partial charge on any atom is -0.374 e. The fraction of sp³-hybridized carbons (Fsp3) is 0.400. The lowest BCUT2D eigenvalue weighted by Crippen LogP contribution is -2.18. The molecule has 0 bridgehead atoms. The molecule has 24 heavy (non-hydrogen) atoms. The van der Waals surface area contributed by atoms with E-state index in [9.17, 15) is 13.2 Å². The minimum absolute atomic E-state index is 0.0589. The molecule has 132 valence electrons. The summed E-state index contributed by atoms with van der Waals surface area (Å²) in [5, 5.41) is 2.93. The van der Waals surface area contributed by atoms with Gasteiger partial charge in [-0.25, -0.2) is 4.98 Å². The molecular formula is C15H14Br2ClF3N2O. The van der Waals surface area contributed by atoms with Crippen molar-refractivity contribution in [3.05, 3.63) is 44.1 Å². The highest BCUT2D eigenvalue weighted by Crippen LogP contribution is 2.33. The van der Waals surface area contributed by atoms with E-state index in [-0.39, 0.29) is 16.9 Å². The number of hydrogen-bond acceptors (Lipinski definition) is 3. The van der Waals surface area contributed by atoms with Crippen molar-refractivity contribution < 1.29 is 17.9 Å². The van der Waals surface area contributed by atoms with Crippen LogP contribution >= 0.6 is 43.5 Å². The van der Waals surface area contributed by atoms with Crippen molar-refractivity contribution in [2.24, 2.45) is 0 Å². The van der Waals surface area contributed by atoms with E-state index in [1.165, 1.54) is 0 Å². The molecule has 1 aromatic heterocycles. The third-order valence-corrected chi connectivity index (χ3v) is 4.32. The highest BCUT2D eigenvalue weighted by molar-refractivity contribution is 9.28. The first-order valence-electron chi connectivity index (χ1n) is 7.07. The van der Waals surface area contributed by atoms with Gasteiger partial charge in [0.25, 0.3) is 0 Å². The summed E-state index contributed by atoms with van der Waals surface area (Å²) < 4.78 is 44.3. The molecule has 0 aromatic carbocycles. The van der Waals surface area contributed by atoms with Crippen LogP contribution in [0.3, 0.4) is 0 Å². The smallest absolute Gasteiger partial charge is 0.374 e. The molecule has 1 aliphatic rings. The van der Waals surface area contributed by atoms with Crippen molar-refractivity contribution in [2.75, 3.05) is 11.9 Å². The zero-order chi connectivity index (χ0) is 17.7. The van der Waals surface area contributed by atoms with Gasteiger partial charge >= 0.3 is 6.18 Å². The molecule has 0 saturated carbocycles. The fourth-order valence-electron chi connectivity index (χ4n) is 2.16. The molecule has 1 aromatic rings. The third-order valence-electron chi connectivity index (χ3n) is 3.38. The van der Waals surface area contributed by atoms with Crippen molar-refractivity contribution in [1.29, 1.82) is 0 Å². The Balaban J connectivity index is 1.93. The molecule has 1 heterocycles. The maximum Gasteiger partial charge on any atom is 0.417 e. The van der Waals surface area contributed by atoms with Gasteiger partial charge in [-0.2, -0.15) is 13.2 Å². The number of alkyl halides is 3. The normalized spacial score (nSPS) is 18.1. The van der Waals surface area contributed by atoms with Gasteiger partial charge in [0, 0.05) is 11.9 Å². The summed E-state index contributed by atoms with van der Waals surface area (Å²) in [4.78, 5) is 3.77. The van der Waals surface area contributed by atoms with Crippen LogP contribution in [0.15, 0.2) is 33.5 Å². The molecule has 1 aliphatic carbocycles.